The first kappa shape index (κ1) is 10.2. The molecule has 1 heterocycles. The van der Waals surface area contributed by atoms with Crippen LogP contribution >= 0.6 is 11.6 Å². The molecule has 0 aliphatic rings. The van der Waals surface area contributed by atoms with Crippen LogP contribution in [0.3, 0.4) is 0 Å². The number of nitrogens with zero attached hydrogens (tertiary/aromatic N) is 1. The summed E-state index contributed by atoms with van der Waals surface area (Å²) in [5.74, 6) is 0. The Morgan fingerprint density at radius 1 is 1.07 bits per heavy atom. The van der Waals surface area contributed by atoms with Gasteiger partial charge in [0.2, 0.25) is 0 Å². The quantitative estimate of drug-likeness (QED) is 0.703. The summed E-state index contributed by atoms with van der Waals surface area (Å²) in [6, 6.07) is 11.9. The number of hydrogen-bond acceptors (Lipinski definition) is 1. The van der Waals surface area contributed by atoms with E-state index in [0.717, 1.165) is 22.0 Å². The monoisotopic (exact) mass is 217 g/mol. The van der Waals surface area contributed by atoms with Gasteiger partial charge in [-0.2, -0.15) is 0 Å². The molecule has 76 valence electrons. The Bertz CT molecular complexity index is 492. The Balaban J connectivity index is 2.58. The molecular formula is C13H12ClN. The van der Waals surface area contributed by atoms with Gasteiger partial charge < -0.3 is 0 Å². The molecule has 0 unspecified atom stereocenters. The van der Waals surface area contributed by atoms with Crippen LogP contribution in [0.25, 0.3) is 11.3 Å². The smallest absolute Gasteiger partial charge is 0.0720 e. The molecule has 0 bridgehead atoms. The van der Waals surface area contributed by atoms with Crippen LogP contribution in [0.4, 0.5) is 0 Å². The average molecular weight is 218 g/mol. The third kappa shape index (κ3) is 2.18. The minimum Gasteiger partial charge on any atom is -0.253 e. The SMILES string of the molecule is Cc1ccc(Cl)c(-c2cccc(C)n2)c1. The molecule has 2 heteroatoms. The number of aromatic nitrogens is 1. The maximum Gasteiger partial charge on any atom is 0.0720 e. The maximum absolute atomic E-state index is 6.14. The number of hydrogen-bond donors (Lipinski definition) is 0. The lowest BCUT2D eigenvalue weighted by Gasteiger charge is -2.05. The van der Waals surface area contributed by atoms with E-state index in [0.29, 0.717) is 0 Å². The van der Waals surface area contributed by atoms with Crippen LogP contribution in [0, 0.1) is 13.8 Å². The van der Waals surface area contributed by atoms with Gasteiger partial charge in [-0.1, -0.05) is 29.3 Å². The zero-order chi connectivity index (χ0) is 10.8. The van der Waals surface area contributed by atoms with Crippen molar-refractivity contribution in [1.82, 2.24) is 4.98 Å². The van der Waals surface area contributed by atoms with Crippen molar-refractivity contribution in [3.63, 3.8) is 0 Å². The molecule has 0 amide bonds. The van der Waals surface area contributed by atoms with Gasteiger partial charge in [0.05, 0.1) is 5.69 Å². The fourth-order valence-electron chi connectivity index (χ4n) is 1.53. The van der Waals surface area contributed by atoms with E-state index in [2.05, 4.69) is 18.0 Å². The van der Waals surface area contributed by atoms with Crippen molar-refractivity contribution < 1.29 is 0 Å². The van der Waals surface area contributed by atoms with Gasteiger partial charge in [0.1, 0.15) is 0 Å². The largest absolute Gasteiger partial charge is 0.253 e. The van der Waals surface area contributed by atoms with E-state index in [4.69, 9.17) is 11.6 Å². The summed E-state index contributed by atoms with van der Waals surface area (Å²) < 4.78 is 0. The molecule has 2 rings (SSSR count). The van der Waals surface area contributed by atoms with Crippen molar-refractivity contribution in [3.05, 3.63) is 52.7 Å². The van der Waals surface area contributed by atoms with Gasteiger partial charge in [-0.3, -0.25) is 4.98 Å². The number of pyridine rings is 1. The molecule has 0 atom stereocenters. The average Bonchev–Trinajstić information content (AvgIpc) is 2.22. The first-order chi connectivity index (χ1) is 7.16. The van der Waals surface area contributed by atoms with E-state index >= 15 is 0 Å². The number of rotatable bonds is 1. The molecule has 0 fully saturated rings. The molecule has 0 saturated carbocycles. The number of aryl methyl sites for hydroxylation is 2. The van der Waals surface area contributed by atoms with E-state index < -0.39 is 0 Å². The zero-order valence-corrected chi connectivity index (χ0v) is 9.55. The van der Waals surface area contributed by atoms with Gasteiger partial charge in [-0.15, -0.1) is 0 Å². The third-order valence-electron chi connectivity index (χ3n) is 2.29. The molecule has 0 spiro atoms. The van der Waals surface area contributed by atoms with Gasteiger partial charge >= 0.3 is 0 Å². The van der Waals surface area contributed by atoms with E-state index in [-0.39, 0.29) is 0 Å². The Morgan fingerprint density at radius 3 is 2.60 bits per heavy atom. The second-order valence-corrected chi connectivity index (χ2v) is 4.05. The maximum atomic E-state index is 6.14. The van der Waals surface area contributed by atoms with E-state index in [1.807, 2.05) is 37.3 Å². The van der Waals surface area contributed by atoms with Gasteiger partial charge in [-0.05, 0) is 38.1 Å². The molecule has 0 radical (unpaired) electrons. The highest BCUT2D eigenvalue weighted by Gasteiger charge is 2.04. The van der Waals surface area contributed by atoms with Crippen molar-refractivity contribution in [2.45, 2.75) is 13.8 Å². The van der Waals surface area contributed by atoms with E-state index in [9.17, 15) is 0 Å². The fraction of sp³-hybridized carbons (Fsp3) is 0.154. The predicted molar refractivity (Wildman–Crippen MR) is 64.2 cm³/mol. The summed E-state index contributed by atoms with van der Waals surface area (Å²) in [4.78, 5) is 4.46. The van der Waals surface area contributed by atoms with Crippen molar-refractivity contribution in [1.29, 1.82) is 0 Å². The van der Waals surface area contributed by atoms with Crippen LogP contribution in [0.5, 0.6) is 0 Å². The molecule has 0 aliphatic heterocycles. The van der Waals surface area contributed by atoms with Gasteiger partial charge in [0.15, 0.2) is 0 Å². The highest BCUT2D eigenvalue weighted by atomic mass is 35.5. The normalized spacial score (nSPS) is 10.3. The Hall–Kier alpha value is -1.34. The molecule has 0 saturated heterocycles. The Labute approximate surface area is 94.7 Å². The van der Waals surface area contributed by atoms with Crippen molar-refractivity contribution in [2.24, 2.45) is 0 Å². The third-order valence-corrected chi connectivity index (χ3v) is 2.62. The highest BCUT2D eigenvalue weighted by molar-refractivity contribution is 6.33. The summed E-state index contributed by atoms with van der Waals surface area (Å²) in [5, 5.41) is 0.749. The van der Waals surface area contributed by atoms with E-state index in [1.165, 1.54) is 5.56 Å². The van der Waals surface area contributed by atoms with Crippen LogP contribution in [0.1, 0.15) is 11.3 Å². The molecule has 0 N–H and O–H groups in total. The Kier molecular flexibility index (Phi) is 2.74. The summed E-state index contributed by atoms with van der Waals surface area (Å²) in [5.41, 5.74) is 4.13. The summed E-state index contributed by atoms with van der Waals surface area (Å²) in [6.07, 6.45) is 0. The predicted octanol–water partition coefficient (Wildman–Crippen LogP) is 4.02. The van der Waals surface area contributed by atoms with Crippen molar-refractivity contribution >= 4 is 11.6 Å². The molecule has 1 aromatic carbocycles. The van der Waals surface area contributed by atoms with Crippen LogP contribution in [0.2, 0.25) is 5.02 Å². The lowest BCUT2D eigenvalue weighted by atomic mass is 10.1. The van der Waals surface area contributed by atoms with Gasteiger partial charge in [-0.25, -0.2) is 0 Å². The molecule has 1 aromatic heterocycles. The van der Waals surface area contributed by atoms with Crippen molar-refractivity contribution in [2.75, 3.05) is 0 Å². The van der Waals surface area contributed by atoms with Crippen LogP contribution in [0.15, 0.2) is 36.4 Å². The molecule has 0 aliphatic carbocycles. The molecule has 2 aromatic rings. The lowest BCUT2D eigenvalue weighted by Crippen LogP contribution is -1.87. The van der Waals surface area contributed by atoms with Crippen molar-refractivity contribution in [3.8, 4) is 11.3 Å². The Morgan fingerprint density at radius 2 is 1.87 bits per heavy atom. The number of halogens is 1. The summed E-state index contributed by atoms with van der Waals surface area (Å²) >= 11 is 6.14. The van der Waals surface area contributed by atoms with Crippen LogP contribution in [-0.4, -0.2) is 4.98 Å². The topological polar surface area (TPSA) is 12.9 Å². The molecule has 1 nitrogen and oxygen atoms in total. The fourth-order valence-corrected chi connectivity index (χ4v) is 1.74. The first-order valence-corrected chi connectivity index (χ1v) is 5.25. The number of benzene rings is 1. The first-order valence-electron chi connectivity index (χ1n) is 4.87. The lowest BCUT2D eigenvalue weighted by molar-refractivity contribution is 1.20. The second kappa shape index (κ2) is 4.03. The molecular weight excluding hydrogens is 206 g/mol. The molecule has 15 heavy (non-hydrogen) atoms. The van der Waals surface area contributed by atoms with Crippen LogP contribution in [-0.2, 0) is 0 Å². The minimum absolute atomic E-state index is 0.749. The standard InChI is InChI=1S/C13H12ClN/c1-9-6-7-12(14)11(8-9)13-5-3-4-10(2)15-13/h3-8H,1-2H3. The summed E-state index contributed by atoms with van der Waals surface area (Å²) in [6.45, 7) is 4.03. The van der Waals surface area contributed by atoms with Crippen LogP contribution < -0.4 is 0 Å². The van der Waals surface area contributed by atoms with Gasteiger partial charge in [0.25, 0.3) is 0 Å². The zero-order valence-electron chi connectivity index (χ0n) is 8.79. The summed E-state index contributed by atoms with van der Waals surface area (Å²) in [7, 11) is 0. The minimum atomic E-state index is 0.749. The van der Waals surface area contributed by atoms with E-state index in [1.54, 1.807) is 0 Å². The highest BCUT2D eigenvalue weighted by Crippen LogP contribution is 2.27. The second-order valence-electron chi connectivity index (χ2n) is 3.65. The van der Waals surface area contributed by atoms with Gasteiger partial charge in [0, 0.05) is 16.3 Å².